The van der Waals surface area contributed by atoms with Crippen LogP contribution in [0.3, 0.4) is 0 Å². The second-order valence-corrected chi connectivity index (χ2v) is 1.18. The Kier molecular flexibility index (Phi) is 5.15. The molecule has 0 aliphatic carbocycles. The monoisotopic (exact) mass is 112 g/mol. The van der Waals surface area contributed by atoms with Crippen LogP contribution in [-0.4, -0.2) is 12.3 Å². The summed E-state index contributed by atoms with van der Waals surface area (Å²) < 4.78 is 4.52. The van der Waals surface area contributed by atoms with Crippen molar-refractivity contribution in [1.82, 2.24) is 0 Å². The van der Waals surface area contributed by atoms with Crippen molar-refractivity contribution in [3.8, 4) is 0 Å². The average molecular weight is 113 g/mol. The average Bonchev–Trinajstić information content (AvgIpc) is 1.41. The van der Waals surface area contributed by atoms with Gasteiger partial charge in [0.1, 0.15) is 6.07 Å². The molecule has 0 spiro atoms. The maximum absolute atomic E-state index is 5.06. The van der Waals surface area contributed by atoms with Crippen molar-refractivity contribution < 1.29 is 4.18 Å². The van der Waals surface area contributed by atoms with Crippen molar-refractivity contribution in [2.75, 3.05) is 12.3 Å². The summed E-state index contributed by atoms with van der Waals surface area (Å²) in [6.45, 7) is 0. The highest BCUT2D eigenvalue weighted by Crippen LogP contribution is 1.93. The van der Waals surface area contributed by atoms with Gasteiger partial charge in [0.05, 0.1) is 0 Å². The van der Waals surface area contributed by atoms with E-state index >= 15 is 0 Å². The second-order valence-electron chi connectivity index (χ2n) is 0.394. The molecule has 0 aliphatic rings. The van der Waals surface area contributed by atoms with E-state index in [1.165, 1.54) is 12.0 Å². The Hall–Kier alpha value is 0.600. The van der Waals surface area contributed by atoms with Gasteiger partial charge in [-0.1, -0.05) is 11.6 Å². The maximum atomic E-state index is 5.06. The zero-order valence-electron chi connectivity index (χ0n) is 2.90. The fourth-order valence-electron chi connectivity index (χ4n) is 0.0445. The van der Waals surface area contributed by atoms with Gasteiger partial charge in [-0.15, -0.1) is 0 Å². The molecule has 5 heavy (non-hydrogen) atoms. The topological polar surface area (TPSA) is 9.23 Å². The lowest BCUT2D eigenvalue weighted by atomic mass is 11.7. The minimum atomic E-state index is 0.279. The molecule has 0 amide bonds. The van der Waals surface area contributed by atoms with Crippen LogP contribution >= 0.6 is 23.6 Å². The van der Waals surface area contributed by atoms with Gasteiger partial charge in [0.2, 0.25) is 0 Å². The Bertz CT molecular complexity index is 17.1. The predicted molar refractivity (Wildman–Crippen MR) is 25.3 cm³/mol. The minimum Gasteiger partial charge on any atom is -0.300 e. The van der Waals surface area contributed by atoms with Gasteiger partial charge in [-0.2, -0.15) is 0 Å². The first-order chi connectivity index (χ1) is 2.41. The van der Waals surface area contributed by atoms with E-state index in [0.29, 0.717) is 0 Å². The molecule has 0 aromatic heterocycles. The largest absolute Gasteiger partial charge is 0.300 e. The van der Waals surface area contributed by atoms with Crippen molar-refractivity contribution in [1.29, 1.82) is 0 Å². The minimum absolute atomic E-state index is 0.279. The standard InChI is InChI=1S/C2H5ClOS/c1-5-4-2-3/h2H2,1H3. The highest BCUT2D eigenvalue weighted by molar-refractivity contribution is 7.93. The van der Waals surface area contributed by atoms with Gasteiger partial charge in [-0.3, -0.25) is 4.18 Å². The lowest BCUT2D eigenvalue weighted by Crippen LogP contribution is -1.66. The molecule has 0 N–H and O–H groups in total. The van der Waals surface area contributed by atoms with Crippen LogP contribution in [0.2, 0.25) is 0 Å². The van der Waals surface area contributed by atoms with Crippen LogP contribution in [0.4, 0.5) is 0 Å². The number of halogens is 1. The molecule has 0 saturated heterocycles. The normalized spacial score (nSPS) is 8.40. The van der Waals surface area contributed by atoms with Gasteiger partial charge in [-0.05, 0) is 12.0 Å². The third kappa shape index (κ3) is 4.60. The van der Waals surface area contributed by atoms with E-state index in [0.717, 1.165) is 0 Å². The molecule has 0 rings (SSSR count). The third-order valence-corrected chi connectivity index (χ3v) is 0.754. The molecule has 0 heterocycles. The molecule has 0 bridgehead atoms. The molecule has 1 nitrogen and oxygen atoms in total. The van der Waals surface area contributed by atoms with Crippen LogP contribution < -0.4 is 0 Å². The molecular weight excluding hydrogens is 108 g/mol. The second kappa shape index (κ2) is 4.60. The van der Waals surface area contributed by atoms with Crippen LogP contribution in [-0.2, 0) is 4.18 Å². The fourth-order valence-corrected chi connectivity index (χ4v) is 0.401. The Labute approximate surface area is 40.9 Å². The summed E-state index contributed by atoms with van der Waals surface area (Å²) in [5, 5.41) is 0. The zero-order valence-corrected chi connectivity index (χ0v) is 4.47. The van der Waals surface area contributed by atoms with Crippen LogP contribution in [0, 0.1) is 0 Å². The number of alkyl halides is 1. The van der Waals surface area contributed by atoms with E-state index in [4.69, 9.17) is 11.6 Å². The lowest BCUT2D eigenvalue weighted by molar-refractivity contribution is 0.461. The molecule has 3 heteroatoms. The summed E-state index contributed by atoms with van der Waals surface area (Å²) in [6.07, 6.45) is 1.82. The summed E-state index contributed by atoms with van der Waals surface area (Å²) in [7, 11) is 0. The smallest absolute Gasteiger partial charge is 0.135 e. The van der Waals surface area contributed by atoms with Gasteiger partial charge in [-0.25, -0.2) is 0 Å². The molecular formula is C2H5ClOS. The number of hydrogen-bond acceptors (Lipinski definition) is 2. The van der Waals surface area contributed by atoms with Gasteiger partial charge in [0.25, 0.3) is 0 Å². The first kappa shape index (κ1) is 5.60. The quantitative estimate of drug-likeness (QED) is 0.395. The van der Waals surface area contributed by atoms with Crippen LogP contribution in [0.15, 0.2) is 0 Å². The van der Waals surface area contributed by atoms with Gasteiger partial charge >= 0.3 is 0 Å². The van der Waals surface area contributed by atoms with E-state index in [9.17, 15) is 0 Å². The summed E-state index contributed by atoms with van der Waals surface area (Å²) in [5.74, 6) is 0. The predicted octanol–water partition coefficient (Wildman–Crippen LogP) is 1.48. The van der Waals surface area contributed by atoms with Crippen molar-refractivity contribution in [2.24, 2.45) is 0 Å². The van der Waals surface area contributed by atoms with Crippen molar-refractivity contribution >= 4 is 23.6 Å². The Morgan fingerprint density at radius 3 is 2.60 bits per heavy atom. The van der Waals surface area contributed by atoms with Crippen molar-refractivity contribution in [2.45, 2.75) is 0 Å². The van der Waals surface area contributed by atoms with Gasteiger partial charge in [0.15, 0.2) is 0 Å². The van der Waals surface area contributed by atoms with E-state index in [1.54, 1.807) is 0 Å². The number of hydrogen-bond donors (Lipinski definition) is 0. The molecule has 0 radical (unpaired) electrons. The summed E-state index contributed by atoms with van der Waals surface area (Å²) in [6, 6.07) is 0.279. The van der Waals surface area contributed by atoms with Crippen LogP contribution in [0.25, 0.3) is 0 Å². The van der Waals surface area contributed by atoms with Crippen LogP contribution in [0.1, 0.15) is 0 Å². The molecule has 0 aliphatic heterocycles. The van der Waals surface area contributed by atoms with E-state index < -0.39 is 0 Å². The summed E-state index contributed by atoms with van der Waals surface area (Å²) >= 11 is 6.33. The van der Waals surface area contributed by atoms with Crippen molar-refractivity contribution in [3.63, 3.8) is 0 Å². The van der Waals surface area contributed by atoms with Gasteiger partial charge in [0, 0.05) is 6.26 Å². The molecule has 0 aromatic carbocycles. The van der Waals surface area contributed by atoms with Crippen LogP contribution in [0.5, 0.6) is 0 Å². The summed E-state index contributed by atoms with van der Waals surface area (Å²) in [4.78, 5) is 0. The molecule has 0 unspecified atom stereocenters. The SMILES string of the molecule is CSOCCl. The Balaban J connectivity index is 2.19. The molecule has 0 fully saturated rings. The van der Waals surface area contributed by atoms with Crippen molar-refractivity contribution in [3.05, 3.63) is 0 Å². The Morgan fingerprint density at radius 1 is 2.00 bits per heavy atom. The zero-order chi connectivity index (χ0) is 4.12. The highest BCUT2D eigenvalue weighted by Gasteiger charge is 1.67. The van der Waals surface area contributed by atoms with Gasteiger partial charge < -0.3 is 0 Å². The molecule has 0 saturated carbocycles. The van der Waals surface area contributed by atoms with E-state index in [2.05, 4.69) is 4.18 Å². The Morgan fingerprint density at radius 2 is 2.60 bits per heavy atom. The first-order valence-corrected chi connectivity index (χ1v) is 2.82. The summed E-state index contributed by atoms with van der Waals surface area (Å²) in [5.41, 5.74) is 0. The molecule has 0 atom stereocenters. The van der Waals surface area contributed by atoms with E-state index in [-0.39, 0.29) is 6.07 Å². The third-order valence-electron chi connectivity index (χ3n) is 0.162. The fraction of sp³-hybridized carbons (Fsp3) is 1.00. The first-order valence-electron chi connectivity index (χ1n) is 1.13. The molecule has 0 aromatic rings. The lowest BCUT2D eigenvalue weighted by Gasteiger charge is -1.82. The number of rotatable bonds is 2. The molecule has 32 valence electrons. The highest BCUT2D eigenvalue weighted by atomic mass is 35.5. The van der Waals surface area contributed by atoms with E-state index in [1.807, 2.05) is 6.26 Å². The maximum Gasteiger partial charge on any atom is 0.135 e.